The molecule has 2 N–H and O–H groups in total. The Balaban J connectivity index is 2.51. The van der Waals surface area contributed by atoms with Gasteiger partial charge in [-0.05, 0) is 12.1 Å². The van der Waals surface area contributed by atoms with Gasteiger partial charge in [-0.15, -0.1) is 0 Å². The predicted molar refractivity (Wildman–Crippen MR) is 56.3 cm³/mol. The summed E-state index contributed by atoms with van der Waals surface area (Å²) in [5.74, 6) is -2.95. The van der Waals surface area contributed by atoms with Crippen LogP contribution in [-0.4, -0.2) is 28.8 Å². The van der Waals surface area contributed by atoms with Crippen LogP contribution in [0.1, 0.15) is 10.6 Å². The van der Waals surface area contributed by atoms with E-state index in [1.807, 2.05) is 0 Å². The van der Waals surface area contributed by atoms with Crippen molar-refractivity contribution in [2.24, 2.45) is 0 Å². The Morgan fingerprint density at radius 2 is 1.94 bits per heavy atom. The molecule has 2 rings (SSSR count). The van der Waals surface area contributed by atoms with Gasteiger partial charge in [-0.2, -0.15) is 0 Å². The zero-order valence-electron chi connectivity index (χ0n) is 8.54. The van der Waals surface area contributed by atoms with Crippen molar-refractivity contribution >= 4 is 22.9 Å². The van der Waals surface area contributed by atoms with Crippen LogP contribution in [0.2, 0.25) is 0 Å². The fraction of sp³-hybridized carbons (Fsp3) is 0.0909. The van der Waals surface area contributed by atoms with Gasteiger partial charge in [0.1, 0.15) is 5.58 Å². The molecule has 0 spiro atoms. The Bertz CT molecular complexity index is 583. The van der Waals surface area contributed by atoms with Crippen molar-refractivity contribution in [3.8, 4) is 5.75 Å². The molecule has 0 saturated heterocycles. The van der Waals surface area contributed by atoms with E-state index >= 15 is 0 Å². The highest BCUT2D eigenvalue weighted by Crippen LogP contribution is 2.32. The largest absolute Gasteiger partial charge is 0.479 e. The minimum absolute atomic E-state index is 0.0597. The van der Waals surface area contributed by atoms with E-state index < -0.39 is 24.3 Å². The van der Waals surface area contributed by atoms with E-state index in [9.17, 15) is 9.59 Å². The Morgan fingerprint density at radius 3 is 2.59 bits per heavy atom. The summed E-state index contributed by atoms with van der Waals surface area (Å²) in [5, 5.41) is 17.9. The van der Waals surface area contributed by atoms with Gasteiger partial charge in [0.25, 0.3) is 5.76 Å². The van der Waals surface area contributed by atoms with Gasteiger partial charge in [-0.3, -0.25) is 0 Å². The molecule has 0 saturated carbocycles. The van der Waals surface area contributed by atoms with Crippen LogP contribution in [0.15, 0.2) is 28.7 Å². The van der Waals surface area contributed by atoms with Crippen molar-refractivity contribution in [2.45, 2.75) is 0 Å². The molecule has 0 fully saturated rings. The minimum atomic E-state index is -1.30. The van der Waals surface area contributed by atoms with Gasteiger partial charge < -0.3 is 19.4 Å². The first kappa shape index (κ1) is 11.0. The first-order valence-electron chi connectivity index (χ1n) is 4.69. The van der Waals surface area contributed by atoms with Crippen molar-refractivity contribution < 1.29 is 29.0 Å². The Hall–Kier alpha value is -2.50. The summed E-state index contributed by atoms with van der Waals surface area (Å²) in [6.07, 6.45) is 0. The molecule has 0 aliphatic heterocycles. The van der Waals surface area contributed by atoms with Crippen molar-refractivity contribution in [1.29, 1.82) is 0 Å². The molecule has 0 amide bonds. The van der Waals surface area contributed by atoms with Crippen LogP contribution in [0.4, 0.5) is 0 Å². The second-order valence-electron chi connectivity index (χ2n) is 3.24. The number of carboxylic acids is 2. The van der Waals surface area contributed by atoms with Crippen molar-refractivity contribution in [1.82, 2.24) is 0 Å². The highest BCUT2D eigenvalue weighted by molar-refractivity contribution is 5.98. The molecule has 17 heavy (non-hydrogen) atoms. The van der Waals surface area contributed by atoms with E-state index in [2.05, 4.69) is 0 Å². The average molecular weight is 236 g/mol. The molecule has 1 aromatic carbocycles. The minimum Gasteiger partial charge on any atom is -0.479 e. The standard InChI is InChI=1S/C11H8O6/c12-8(13)5-16-9-6-3-1-2-4-7(6)17-10(9)11(14)15/h1-4H,5H2,(H,12,13)(H,14,15). The molecule has 6 heteroatoms. The molecule has 1 aromatic heterocycles. The van der Waals surface area contributed by atoms with E-state index in [0.29, 0.717) is 11.0 Å². The number of benzene rings is 1. The van der Waals surface area contributed by atoms with Crippen molar-refractivity contribution in [2.75, 3.05) is 6.61 Å². The number of rotatable bonds is 4. The van der Waals surface area contributed by atoms with Crippen LogP contribution in [0, 0.1) is 0 Å². The lowest BCUT2D eigenvalue weighted by Gasteiger charge is -2.01. The molecule has 1 heterocycles. The molecule has 0 bridgehead atoms. The first-order chi connectivity index (χ1) is 8.09. The monoisotopic (exact) mass is 236 g/mol. The third-order valence-electron chi connectivity index (χ3n) is 2.08. The summed E-state index contributed by atoms with van der Waals surface area (Å²) < 4.78 is 10.0. The topological polar surface area (TPSA) is 97.0 Å². The second-order valence-corrected chi connectivity index (χ2v) is 3.24. The number of aliphatic carboxylic acids is 1. The van der Waals surface area contributed by atoms with Crippen LogP contribution in [0.3, 0.4) is 0 Å². The van der Waals surface area contributed by atoms with E-state index in [1.165, 1.54) is 0 Å². The number of para-hydroxylation sites is 1. The summed E-state index contributed by atoms with van der Waals surface area (Å²) in [6, 6.07) is 6.54. The smallest absolute Gasteiger partial charge is 0.375 e. The molecule has 0 aliphatic carbocycles. The number of aromatic carboxylic acids is 1. The zero-order chi connectivity index (χ0) is 12.4. The number of furan rings is 1. The Labute approximate surface area is 95.0 Å². The van der Waals surface area contributed by atoms with Gasteiger partial charge >= 0.3 is 11.9 Å². The van der Waals surface area contributed by atoms with Crippen LogP contribution < -0.4 is 4.74 Å². The van der Waals surface area contributed by atoms with E-state index in [4.69, 9.17) is 19.4 Å². The van der Waals surface area contributed by atoms with E-state index in [0.717, 1.165) is 0 Å². The second kappa shape index (κ2) is 4.17. The van der Waals surface area contributed by atoms with E-state index in [1.54, 1.807) is 24.3 Å². The SMILES string of the molecule is O=C(O)COc1c(C(=O)O)oc2ccccc12. The first-order valence-corrected chi connectivity index (χ1v) is 4.69. The molecule has 0 unspecified atom stereocenters. The number of carbonyl (C=O) groups is 2. The zero-order valence-corrected chi connectivity index (χ0v) is 8.54. The lowest BCUT2D eigenvalue weighted by molar-refractivity contribution is -0.139. The summed E-state index contributed by atoms with van der Waals surface area (Å²) in [6.45, 7) is -0.621. The van der Waals surface area contributed by atoms with Crippen molar-refractivity contribution in [3.63, 3.8) is 0 Å². The maximum absolute atomic E-state index is 10.9. The number of hydrogen-bond acceptors (Lipinski definition) is 4. The molecule has 88 valence electrons. The average Bonchev–Trinajstić information content (AvgIpc) is 2.65. The lowest BCUT2D eigenvalue weighted by Crippen LogP contribution is -2.11. The molecule has 0 aliphatic rings. The maximum Gasteiger partial charge on any atom is 0.375 e. The molecular weight excluding hydrogens is 228 g/mol. The van der Waals surface area contributed by atoms with Crippen LogP contribution >= 0.6 is 0 Å². The van der Waals surface area contributed by atoms with Gasteiger partial charge in [0.05, 0.1) is 5.39 Å². The highest BCUT2D eigenvalue weighted by Gasteiger charge is 2.21. The van der Waals surface area contributed by atoms with Crippen LogP contribution in [0.25, 0.3) is 11.0 Å². The number of ether oxygens (including phenoxy) is 1. The fourth-order valence-electron chi connectivity index (χ4n) is 1.44. The summed E-state index contributed by atoms with van der Waals surface area (Å²) >= 11 is 0. The van der Waals surface area contributed by atoms with Gasteiger partial charge in [0.15, 0.2) is 12.4 Å². The fourth-order valence-corrected chi connectivity index (χ4v) is 1.44. The predicted octanol–water partition coefficient (Wildman–Crippen LogP) is 1.59. The normalized spacial score (nSPS) is 10.4. The van der Waals surface area contributed by atoms with Crippen LogP contribution in [0.5, 0.6) is 5.75 Å². The number of fused-ring (bicyclic) bond motifs is 1. The van der Waals surface area contributed by atoms with Crippen LogP contribution in [-0.2, 0) is 4.79 Å². The summed E-state index contributed by atoms with van der Waals surface area (Å²) in [4.78, 5) is 21.3. The van der Waals surface area contributed by atoms with Crippen molar-refractivity contribution in [3.05, 3.63) is 30.0 Å². The summed E-state index contributed by atoms with van der Waals surface area (Å²) in [7, 11) is 0. The Kier molecular flexibility index (Phi) is 2.70. The summed E-state index contributed by atoms with van der Waals surface area (Å²) in [5.41, 5.74) is 0.338. The van der Waals surface area contributed by atoms with Gasteiger partial charge in [-0.1, -0.05) is 12.1 Å². The molecule has 0 atom stereocenters. The maximum atomic E-state index is 10.9. The van der Waals surface area contributed by atoms with Gasteiger partial charge in [0.2, 0.25) is 0 Å². The molecule has 0 radical (unpaired) electrons. The highest BCUT2D eigenvalue weighted by atomic mass is 16.5. The third-order valence-corrected chi connectivity index (χ3v) is 2.08. The third kappa shape index (κ3) is 2.05. The molecular formula is C11H8O6. The van der Waals surface area contributed by atoms with Gasteiger partial charge in [0, 0.05) is 0 Å². The number of hydrogen-bond donors (Lipinski definition) is 2. The van der Waals surface area contributed by atoms with E-state index in [-0.39, 0.29) is 5.75 Å². The molecule has 6 nitrogen and oxygen atoms in total. The Morgan fingerprint density at radius 1 is 1.24 bits per heavy atom. The molecule has 2 aromatic rings. The quantitative estimate of drug-likeness (QED) is 0.836. The number of carboxylic acid groups (broad SMARTS) is 2. The van der Waals surface area contributed by atoms with Gasteiger partial charge in [-0.25, -0.2) is 9.59 Å². The lowest BCUT2D eigenvalue weighted by atomic mass is 10.2.